The van der Waals surface area contributed by atoms with Crippen molar-refractivity contribution in [3.8, 4) is 0 Å². The number of allylic oxidation sites excluding steroid dienone is 3. The second kappa shape index (κ2) is 19.5. The van der Waals surface area contributed by atoms with Crippen LogP contribution in [0.4, 0.5) is 4.79 Å². The van der Waals surface area contributed by atoms with Gasteiger partial charge >= 0.3 is 18.0 Å². The summed E-state index contributed by atoms with van der Waals surface area (Å²) in [4.78, 5) is 66.2. The number of ketones is 1. The Morgan fingerprint density at radius 1 is 0.956 bits per heavy atom. The molecule has 19 heteroatoms. The number of amides is 1. The quantitative estimate of drug-likeness (QED) is 0.0509. The number of esters is 2. The van der Waals surface area contributed by atoms with Crippen molar-refractivity contribution in [3.63, 3.8) is 0 Å². The van der Waals surface area contributed by atoms with Gasteiger partial charge in [-0.1, -0.05) is 50.6 Å². The Bertz CT molecular complexity index is 2160. The van der Waals surface area contributed by atoms with Crippen molar-refractivity contribution in [1.29, 1.82) is 0 Å². The Labute approximate surface area is 396 Å². The first-order valence-corrected chi connectivity index (χ1v) is 23.6. The van der Waals surface area contributed by atoms with E-state index in [-0.39, 0.29) is 43.1 Å². The van der Waals surface area contributed by atoms with Gasteiger partial charge in [-0.3, -0.25) is 14.4 Å². The van der Waals surface area contributed by atoms with Crippen LogP contribution in [-0.4, -0.2) is 130 Å². The summed E-state index contributed by atoms with van der Waals surface area (Å²) in [5, 5.41) is 60.6. The lowest BCUT2D eigenvalue weighted by molar-refractivity contribution is -1.09. The Hall–Kier alpha value is -4.31. The predicted molar refractivity (Wildman–Crippen MR) is 238 cm³/mol. The number of hydroxylamine groups is 2. The predicted octanol–water partition coefficient (Wildman–Crippen LogP) is 3.15. The Balaban J connectivity index is 1.33. The normalized spacial score (nSPS) is 45.2. The number of aldehydes is 1. The van der Waals surface area contributed by atoms with Crippen LogP contribution in [0.25, 0.3) is 0 Å². The van der Waals surface area contributed by atoms with Crippen molar-refractivity contribution < 1.29 is 82.9 Å². The highest BCUT2D eigenvalue weighted by Gasteiger charge is 2.64. The molecular formula is C49H68N2O17. The number of Topliss-reactive ketones (excluding diaryl/α,β-unsaturated/α-hetero) is 1. The van der Waals surface area contributed by atoms with Gasteiger partial charge in [0.1, 0.15) is 23.7 Å². The van der Waals surface area contributed by atoms with Crippen molar-refractivity contribution >= 4 is 30.1 Å². The molecule has 3 saturated heterocycles. The molecule has 2 bridgehead atoms. The Morgan fingerprint density at radius 3 is 2.28 bits per heavy atom. The van der Waals surface area contributed by atoms with E-state index in [0.717, 1.165) is 5.57 Å². The van der Waals surface area contributed by atoms with Gasteiger partial charge in [0, 0.05) is 37.0 Å². The van der Waals surface area contributed by atoms with E-state index < -0.39 is 142 Å². The van der Waals surface area contributed by atoms with E-state index in [1.807, 2.05) is 39.0 Å². The summed E-state index contributed by atoms with van der Waals surface area (Å²) in [6.07, 6.45) is 0.177. The average Bonchev–Trinajstić information content (AvgIpc) is 3.50. The molecule has 376 valence electrons. The number of ether oxygens (including phenoxy) is 7. The van der Waals surface area contributed by atoms with E-state index in [2.05, 4.69) is 12.2 Å². The monoisotopic (exact) mass is 956 g/mol. The molecule has 3 heterocycles. The molecule has 0 aromatic rings. The molecule has 1 spiro atoms. The van der Waals surface area contributed by atoms with Crippen LogP contribution in [0.5, 0.6) is 0 Å². The van der Waals surface area contributed by atoms with Gasteiger partial charge in [0.2, 0.25) is 5.78 Å². The zero-order valence-electron chi connectivity index (χ0n) is 40.3. The van der Waals surface area contributed by atoms with Gasteiger partial charge in [0.25, 0.3) is 0 Å². The number of aliphatic hydroxyl groups is 3. The number of nitrogens with one attached hydrogen (secondary N) is 2. The lowest BCUT2D eigenvalue weighted by Gasteiger charge is -2.56. The third-order valence-corrected chi connectivity index (χ3v) is 16.0. The Kier molecular flexibility index (Phi) is 14.8. The molecule has 68 heavy (non-hydrogen) atoms. The smallest absolute Gasteiger partial charge is 0.407 e. The highest BCUT2D eigenvalue weighted by atomic mass is 16.8. The van der Waals surface area contributed by atoms with E-state index in [4.69, 9.17) is 33.2 Å². The lowest BCUT2D eigenvalue weighted by Crippen LogP contribution is -3.17. The van der Waals surface area contributed by atoms with E-state index in [9.17, 15) is 44.9 Å². The number of carbonyl (C=O) groups excluding carboxylic acids is 5. The summed E-state index contributed by atoms with van der Waals surface area (Å²) >= 11 is 0. The maximum absolute atomic E-state index is 15.3. The highest BCUT2D eigenvalue weighted by molar-refractivity contribution is 6.26. The number of fused-ring (bicyclic) bond motifs is 4. The summed E-state index contributed by atoms with van der Waals surface area (Å²) in [5.41, 5.74) is -4.45. The molecule has 20 atom stereocenters. The minimum absolute atomic E-state index is 0.0205. The first kappa shape index (κ1) is 51.5. The van der Waals surface area contributed by atoms with E-state index in [1.54, 1.807) is 26.8 Å². The largest absolute Gasteiger partial charge is 0.600 e. The number of rotatable bonds is 8. The number of carbonyl (C=O) groups is 5. The molecule has 1 amide bonds. The maximum atomic E-state index is 15.3. The van der Waals surface area contributed by atoms with Crippen LogP contribution in [0.3, 0.4) is 0 Å². The lowest BCUT2D eigenvalue weighted by atomic mass is 9.49. The molecule has 7 rings (SSSR count). The second-order valence-corrected chi connectivity index (χ2v) is 20.6. The molecule has 3 aliphatic heterocycles. The van der Waals surface area contributed by atoms with Gasteiger partial charge in [-0.15, -0.1) is 0 Å². The molecule has 0 radical (unpaired) electrons. The van der Waals surface area contributed by atoms with Crippen LogP contribution in [0.1, 0.15) is 94.4 Å². The van der Waals surface area contributed by atoms with Crippen molar-refractivity contribution in [1.82, 2.24) is 5.32 Å². The summed E-state index contributed by atoms with van der Waals surface area (Å²) in [6.45, 7) is 15.6. The van der Waals surface area contributed by atoms with E-state index in [1.165, 1.54) is 27.0 Å². The minimum Gasteiger partial charge on any atom is -0.600 e. The standard InChI is InChI=1S/C49H68N2O17/c1-22-11-14-35(66-37-20-47(8,51(60)61)42(27(6)64-37)50-46(59)62-10)23(2)16-32-33(54)17-29(21-52)19-49(32)44(57)38(45(58)68-49)43(56)48(9)31(22)13-12-30-39(48)24(3)15-25(4)40(30)67-36-18-34(55)41(26(5)63-36)65-28(7)53/h11-13,16-17,21,24-27,30-37,39-42,51,54-56,60H,14-15,18-20H2,1-10H3,(H,50,59)/b22-11-,23-16?,43-38?/t24-,25-,26-,27+,30-,31-,32+,33-,34+,35-,36-,37-,39+,40?,41-,42-,47-,48+,49?/m0/s1. The van der Waals surface area contributed by atoms with Gasteiger partial charge in [-0.2, -0.15) is 0 Å². The number of hydrogen-bond donors (Lipinski definition) is 6. The molecule has 7 aliphatic rings. The van der Waals surface area contributed by atoms with Gasteiger partial charge in [0.05, 0.1) is 56.1 Å². The van der Waals surface area contributed by atoms with Crippen LogP contribution < -0.4 is 10.5 Å². The molecule has 1 saturated carbocycles. The number of quaternary nitrogens is 1. The minimum atomic E-state index is -2.15. The number of methoxy groups -OCH3 is 1. The topological polar surface area (TPSA) is 270 Å². The number of alkyl carbamates (subject to hydrolysis) is 1. The number of hydrogen-bond acceptors (Lipinski definition) is 17. The second-order valence-electron chi connectivity index (χ2n) is 20.6. The zero-order valence-corrected chi connectivity index (χ0v) is 40.3. The van der Waals surface area contributed by atoms with Crippen LogP contribution >= 0.6 is 0 Å². The van der Waals surface area contributed by atoms with Gasteiger partial charge in [-0.05, 0) is 82.4 Å². The number of aliphatic hydroxyl groups excluding tert-OH is 3. The first-order valence-electron chi connectivity index (χ1n) is 23.6. The third-order valence-electron chi connectivity index (χ3n) is 16.0. The van der Waals surface area contributed by atoms with Crippen LogP contribution in [0.2, 0.25) is 0 Å². The van der Waals surface area contributed by atoms with E-state index in [0.29, 0.717) is 18.3 Å². The molecule has 3 unspecified atom stereocenters. The van der Waals surface area contributed by atoms with Crippen molar-refractivity contribution in [3.05, 3.63) is 63.6 Å². The fourth-order valence-corrected chi connectivity index (χ4v) is 12.7. The SMILES string of the molecule is COC(=O)N[C@H]1[C@@H](C)O[C@@H](O[C@H]2C/C=C(/C)[C@@H]3C=C[C@@H]4C(O[C@H]5C[C@@H](O)[C@@H](OC(C)=O)[C@H](C)O5)[C@@H](C)C[C@H](C)[C@H]4[C@]3(C)C(O)=C3C(=O)OC4(CC(C=O)=C[C@H](O)[C@H]4C=C2C)C3=O)C[C@]1(C)[NH+]([O-])O. The summed E-state index contributed by atoms with van der Waals surface area (Å²) in [5.74, 6) is -6.04. The first-order chi connectivity index (χ1) is 31.9. The average molecular weight is 957 g/mol. The molecular weight excluding hydrogens is 889 g/mol. The summed E-state index contributed by atoms with van der Waals surface area (Å²) in [6, 6.07) is -1.00. The van der Waals surface area contributed by atoms with Crippen molar-refractivity contribution in [2.75, 3.05) is 7.11 Å². The highest BCUT2D eigenvalue weighted by Crippen LogP contribution is 2.61. The zero-order chi connectivity index (χ0) is 49.9. The maximum Gasteiger partial charge on any atom is 0.407 e. The summed E-state index contributed by atoms with van der Waals surface area (Å²) in [7, 11) is 1.17. The Morgan fingerprint density at radius 2 is 1.65 bits per heavy atom. The van der Waals surface area contributed by atoms with Gasteiger partial charge < -0.3 is 59.0 Å². The van der Waals surface area contributed by atoms with Gasteiger partial charge in [0.15, 0.2) is 29.8 Å². The van der Waals surface area contributed by atoms with Crippen molar-refractivity contribution in [2.24, 2.45) is 40.9 Å². The summed E-state index contributed by atoms with van der Waals surface area (Å²) < 4.78 is 42.1. The van der Waals surface area contributed by atoms with Crippen LogP contribution in [-0.2, 0) is 52.3 Å². The van der Waals surface area contributed by atoms with Crippen molar-refractivity contribution in [2.45, 2.75) is 167 Å². The molecule has 0 aromatic heterocycles. The fourth-order valence-electron chi connectivity index (χ4n) is 12.7. The molecule has 19 nitrogen and oxygen atoms in total. The molecule has 4 aliphatic carbocycles. The fraction of sp³-hybridized carbons (Fsp3) is 0.694. The van der Waals surface area contributed by atoms with Crippen LogP contribution in [0.15, 0.2) is 58.4 Å². The van der Waals surface area contributed by atoms with Gasteiger partial charge in [-0.25, -0.2) is 20.0 Å². The molecule has 4 fully saturated rings. The third kappa shape index (κ3) is 9.02. The molecule has 0 aromatic carbocycles. The van der Waals surface area contributed by atoms with E-state index >= 15 is 4.79 Å². The van der Waals surface area contributed by atoms with Crippen LogP contribution in [0, 0.1) is 46.1 Å². The molecule has 6 N–H and O–H groups in total.